The molecule has 10 rings (SSSR count). The second kappa shape index (κ2) is 12.6. The first kappa shape index (κ1) is 32.3. The fourth-order valence-electron chi connectivity index (χ4n) is 9.39. The highest BCUT2D eigenvalue weighted by Gasteiger charge is 2.53. The molecule has 2 nitrogen and oxygen atoms in total. The van der Waals surface area contributed by atoms with Crippen molar-refractivity contribution in [1.82, 2.24) is 0 Å². The third-order valence-corrected chi connectivity index (χ3v) is 11.7. The van der Waals surface area contributed by atoms with E-state index >= 15 is 0 Å². The highest BCUT2D eigenvalue weighted by molar-refractivity contribution is 5.98. The molecule has 2 unspecified atom stereocenters. The number of para-hydroxylation sites is 3. The van der Waals surface area contributed by atoms with Gasteiger partial charge >= 0.3 is 0 Å². The first-order chi connectivity index (χ1) is 26.5. The molecule has 3 aliphatic rings. The van der Waals surface area contributed by atoms with Gasteiger partial charge in [0.2, 0.25) is 0 Å². The zero-order valence-electron chi connectivity index (χ0n) is 31.0. The summed E-state index contributed by atoms with van der Waals surface area (Å²) in [7, 11) is 0. The Balaban J connectivity index is 1.17. The van der Waals surface area contributed by atoms with Crippen LogP contribution in [0.4, 0.5) is 34.1 Å². The van der Waals surface area contributed by atoms with Crippen molar-refractivity contribution in [3.63, 3.8) is 0 Å². The number of hydrogen-bond donors (Lipinski definition) is 0. The van der Waals surface area contributed by atoms with Gasteiger partial charge in [0.15, 0.2) is 0 Å². The molecule has 260 valence electrons. The van der Waals surface area contributed by atoms with Crippen LogP contribution in [0.5, 0.6) is 0 Å². The van der Waals surface area contributed by atoms with E-state index in [2.05, 4.69) is 213 Å². The zero-order chi connectivity index (χ0) is 36.4. The van der Waals surface area contributed by atoms with Crippen molar-refractivity contribution in [2.75, 3.05) is 9.80 Å². The summed E-state index contributed by atoms with van der Waals surface area (Å²) in [5.74, 6) is 0.474. The Morgan fingerprint density at radius 3 is 1.39 bits per heavy atom. The average molecular weight is 695 g/mol. The topological polar surface area (TPSA) is 6.48 Å². The van der Waals surface area contributed by atoms with E-state index in [9.17, 15) is 0 Å². The molecule has 2 heteroatoms. The summed E-state index contributed by atoms with van der Waals surface area (Å²) in [6.07, 6.45) is 5.86. The Bertz CT molecular complexity index is 2560. The average Bonchev–Trinajstić information content (AvgIpc) is 3.65. The van der Waals surface area contributed by atoms with E-state index in [0.717, 1.165) is 40.5 Å². The molecule has 0 N–H and O–H groups in total. The van der Waals surface area contributed by atoms with Crippen LogP contribution in [0.15, 0.2) is 188 Å². The predicted molar refractivity (Wildman–Crippen MR) is 227 cm³/mol. The number of allylic oxidation sites excluding steroid dienone is 4. The second-order valence-electron chi connectivity index (χ2n) is 15.2. The number of benzene rings is 7. The van der Waals surface area contributed by atoms with E-state index in [1.54, 1.807) is 5.57 Å². The summed E-state index contributed by atoms with van der Waals surface area (Å²) in [6, 6.07) is 62.6. The van der Waals surface area contributed by atoms with Crippen LogP contribution in [0.25, 0.3) is 16.7 Å². The summed E-state index contributed by atoms with van der Waals surface area (Å²) >= 11 is 0. The summed E-state index contributed by atoms with van der Waals surface area (Å²) in [4.78, 5) is 4.74. The van der Waals surface area contributed by atoms with E-state index < -0.39 is 0 Å². The minimum absolute atomic E-state index is 0.347. The Kier molecular flexibility index (Phi) is 7.56. The van der Waals surface area contributed by atoms with Crippen molar-refractivity contribution in [2.45, 2.75) is 32.6 Å². The zero-order valence-corrected chi connectivity index (χ0v) is 31.0. The van der Waals surface area contributed by atoms with E-state index in [-0.39, 0.29) is 5.41 Å². The summed E-state index contributed by atoms with van der Waals surface area (Å²) < 4.78 is 0. The third-order valence-electron chi connectivity index (χ3n) is 11.7. The van der Waals surface area contributed by atoms with Crippen molar-refractivity contribution in [2.24, 2.45) is 5.92 Å². The van der Waals surface area contributed by atoms with Gasteiger partial charge in [0.05, 0.1) is 5.41 Å². The van der Waals surface area contributed by atoms with Crippen LogP contribution in [-0.2, 0) is 5.41 Å². The summed E-state index contributed by atoms with van der Waals surface area (Å²) in [6.45, 7) is 6.85. The molecule has 54 heavy (non-hydrogen) atoms. The van der Waals surface area contributed by atoms with Crippen molar-refractivity contribution in [1.29, 1.82) is 0 Å². The maximum atomic E-state index is 2.51. The number of anilines is 6. The summed E-state index contributed by atoms with van der Waals surface area (Å²) in [5, 5.41) is 0. The normalized spacial score (nSPS) is 17.6. The molecule has 0 heterocycles. The molecule has 0 radical (unpaired) electrons. The van der Waals surface area contributed by atoms with Gasteiger partial charge < -0.3 is 9.80 Å². The molecule has 3 aliphatic carbocycles. The Hall–Kier alpha value is -6.38. The molecular formula is C52H42N2. The van der Waals surface area contributed by atoms with Gasteiger partial charge in [0.25, 0.3) is 0 Å². The van der Waals surface area contributed by atoms with Gasteiger partial charge in [0, 0.05) is 34.1 Å². The van der Waals surface area contributed by atoms with Gasteiger partial charge in [-0.3, -0.25) is 0 Å². The molecule has 1 spiro atoms. The Morgan fingerprint density at radius 2 is 0.852 bits per heavy atom. The second-order valence-corrected chi connectivity index (χ2v) is 15.2. The first-order valence-corrected chi connectivity index (χ1v) is 19.2. The fraction of sp³-hybridized carbons (Fsp3) is 0.115. The molecule has 0 saturated heterocycles. The number of rotatable bonds is 6. The number of nitrogens with zero attached hydrogens (tertiary/aromatic N) is 2. The van der Waals surface area contributed by atoms with Crippen LogP contribution in [0.2, 0.25) is 0 Å². The van der Waals surface area contributed by atoms with Gasteiger partial charge in [-0.2, -0.15) is 0 Å². The maximum absolute atomic E-state index is 2.51. The summed E-state index contributed by atoms with van der Waals surface area (Å²) in [5.41, 5.74) is 20.3. The van der Waals surface area contributed by atoms with Crippen molar-refractivity contribution in [3.8, 4) is 11.1 Å². The Labute approximate surface area is 319 Å². The highest BCUT2D eigenvalue weighted by Crippen LogP contribution is 2.64. The van der Waals surface area contributed by atoms with Crippen LogP contribution in [0.3, 0.4) is 0 Å². The number of fused-ring (bicyclic) bond motifs is 9. The van der Waals surface area contributed by atoms with E-state index in [1.165, 1.54) is 50.1 Å². The van der Waals surface area contributed by atoms with Crippen molar-refractivity contribution < 1.29 is 0 Å². The molecule has 0 aromatic heterocycles. The fourth-order valence-corrected chi connectivity index (χ4v) is 9.39. The van der Waals surface area contributed by atoms with Crippen LogP contribution >= 0.6 is 0 Å². The van der Waals surface area contributed by atoms with Crippen LogP contribution in [-0.4, -0.2) is 0 Å². The molecule has 2 atom stereocenters. The molecule has 0 fully saturated rings. The van der Waals surface area contributed by atoms with E-state index in [1.807, 2.05) is 0 Å². The van der Waals surface area contributed by atoms with Crippen LogP contribution < -0.4 is 9.80 Å². The van der Waals surface area contributed by atoms with E-state index in [4.69, 9.17) is 0 Å². The Morgan fingerprint density at radius 1 is 0.444 bits per heavy atom. The molecule has 0 amide bonds. The lowest BCUT2D eigenvalue weighted by Crippen LogP contribution is -2.29. The molecule has 0 saturated carbocycles. The van der Waals surface area contributed by atoms with Crippen LogP contribution in [0, 0.1) is 19.8 Å². The third kappa shape index (κ3) is 4.94. The minimum Gasteiger partial charge on any atom is -0.311 e. The van der Waals surface area contributed by atoms with Gasteiger partial charge in [-0.15, -0.1) is 0 Å². The number of hydrogen-bond acceptors (Lipinski definition) is 2. The molecule has 7 aromatic carbocycles. The maximum Gasteiger partial charge on any atom is 0.0689 e. The van der Waals surface area contributed by atoms with Crippen LogP contribution in [0.1, 0.15) is 46.7 Å². The molecule has 0 bridgehead atoms. The van der Waals surface area contributed by atoms with E-state index in [0.29, 0.717) is 5.92 Å². The van der Waals surface area contributed by atoms with Gasteiger partial charge in [-0.1, -0.05) is 127 Å². The monoisotopic (exact) mass is 694 g/mol. The van der Waals surface area contributed by atoms with Gasteiger partial charge in [-0.05, 0) is 144 Å². The molecule has 7 aromatic rings. The van der Waals surface area contributed by atoms with Gasteiger partial charge in [0.1, 0.15) is 0 Å². The molecule has 0 aliphatic heterocycles. The molecular weight excluding hydrogens is 653 g/mol. The predicted octanol–water partition coefficient (Wildman–Crippen LogP) is 13.9. The first-order valence-electron chi connectivity index (χ1n) is 19.2. The standard InChI is InChI=1S/C52H42N2/c1-35-19-27-44-45-28-20-36(2)32-49(45)52(48(44)31-35)50-33-37(3)21-29-46(50)47-30-26-43(34-51(47)52)54(40-17-11-6-12-18-40)42-24-22-41(23-25-42)53(38-13-7-4-8-14-38)39-15-9-5-10-16-39/h4-31,33-34,36H,32H2,1-3H3. The largest absolute Gasteiger partial charge is 0.311 e. The van der Waals surface area contributed by atoms with Gasteiger partial charge in [-0.25, -0.2) is 0 Å². The lowest BCUT2D eigenvalue weighted by molar-refractivity contribution is 0.630. The SMILES string of the molecule is Cc1ccc2c(c1)C1(C3=C2C=CC(C)C3)c2cc(C)ccc2-c2ccc(N(c3ccccc3)c3ccc(N(c4ccccc4)c4ccccc4)cc3)cc21. The lowest BCUT2D eigenvalue weighted by atomic mass is 9.67. The highest BCUT2D eigenvalue weighted by atomic mass is 15.2. The lowest BCUT2D eigenvalue weighted by Gasteiger charge is -2.35. The minimum atomic E-state index is -0.347. The van der Waals surface area contributed by atoms with Crippen molar-refractivity contribution in [3.05, 3.63) is 221 Å². The van der Waals surface area contributed by atoms with Crippen molar-refractivity contribution >= 4 is 39.7 Å². The smallest absolute Gasteiger partial charge is 0.0689 e. The number of aryl methyl sites for hydroxylation is 2. The quantitative estimate of drug-likeness (QED) is 0.171.